The van der Waals surface area contributed by atoms with Crippen molar-refractivity contribution in [3.8, 4) is 11.5 Å². The standard InChI is InChI=1S/C36H37Cl2N3O7S/c1-46-30-9-8-23(14-31(30)47-2)25(16-27-28(37)18-41(45)19-29(27)38)26-15-24(49-34(26)35(42)43)17-39-33(22-6-4-3-5-7-22)36(44)48-32-20-40-12-10-21(32)11-13-40/h3-9,14-15,18-19,21,25,32-33,39H,10-13,16-17,20H2,1-2H3,(H,42,43)/t25-,32+,33?/m1/s1. The lowest BCUT2D eigenvalue weighted by molar-refractivity contribution is -0.605. The topological polar surface area (TPSA) is 124 Å². The molecule has 3 aliphatic heterocycles. The number of methoxy groups -OCH3 is 2. The largest absolute Gasteiger partial charge is 0.619 e. The smallest absolute Gasteiger partial charge is 0.346 e. The third kappa shape index (κ3) is 7.81. The summed E-state index contributed by atoms with van der Waals surface area (Å²) >= 11 is 14.1. The first kappa shape index (κ1) is 35.0. The SMILES string of the molecule is COc1ccc([C@@H](Cc2c(Cl)c[n+]([O-])cc2Cl)c2cc(CNC(C(=O)O[C@H]3CN4CCC3CC4)c3ccccc3)sc2C(=O)O)cc1OC. The van der Waals surface area contributed by atoms with Crippen LogP contribution in [-0.2, 0) is 22.5 Å². The summed E-state index contributed by atoms with van der Waals surface area (Å²) in [6, 6.07) is 15.9. The molecule has 0 aliphatic carbocycles. The minimum Gasteiger partial charge on any atom is -0.619 e. The molecule has 13 heteroatoms. The van der Waals surface area contributed by atoms with Crippen LogP contribution in [0.25, 0.3) is 0 Å². The van der Waals surface area contributed by atoms with Gasteiger partial charge in [0, 0.05) is 29.4 Å². The van der Waals surface area contributed by atoms with Crippen LogP contribution in [0.3, 0.4) is 0 Å². The molecule has 3 fully saturated rings. The van der Waals surface area contributed by atoms with Crippen molar-refractivity contribution < 1.29 is 33.6 Å². The molecule has 0 amide bonds. The maximum Gasteiger partial charge on any atom is 0.346 e. The van der Waals surface area contributed by atoms with Gasteiger partial charge in [-0.25, -0.2) is 9.59 Å². The molecule has 3 aliphatic rings. The molecule has 7 rings (SSSR count). The normalized spacial score (nSPS) is 19.6. The number of rotatable bonds is 13. The number of carbonyl (C=O) groups is 2. The molecule has 2 bridgehead atoms. The number of ether oxygens (including phenoxy) is 3. The lowest BCUT2D eigenvalue weighted by atomic mass is 9.85. The van der Waals surface area contributed by atoms with Crippen molar-refractivity contribution in [3.63, 3.8) is 0 Å². The van der Waals surface area contributed by atoms with Crippen LogP contribution in [-0.4, -0.2) is 61.9 Å². The number of benzene rings is 2. The molecular formula is C36H37Cl2N3O7S. The van der Waals surface area contributed by atoms with E-state index in [9.17, 15) is 19.9 Å². The van der Waals surface area contributed by atoms with Crippen LogP contribution in [0.4, 0.5) is 0 Å². The van der Waals surface area contributed by atoms with Crippen LogP contribution in [0.15, 0.2) is 67.0 Å². The van der Waals surface area contributed by atoms with Crippen LogP contribution in [0.2, 0.25) is 10.0 Å². The second kappa shape index (κ2) is 15.3. The summed E-state index contributed by atoms with van der Waals surface area (Å²) in [7, 11) is 3.06. The number of pyridine rings is 1. The summed E-state index contributed by atoms with van der Waals surface area (Å²) in [5.41, 5.74) is 2.51. The second-order valence-electron chi connectivity index (χ2n) is 12.3. The number of nitrogens with zero attached hydrogens (tertiary/aromatic N) is 2. The Balaban J connectivity index is 1.33. The summed E-state index contributed by atoms with van der Waals surface area (Å²) in [5, 5.41) is 26.1. The molecule has 10 nitrogen and oxygen atoms in total. The van der Waals surface area contributed by atoms with E-state index in [0.717, 1.165) is 54.9 Å². The Morgan fingerprint density at radius 3 is 2.33 bits per heavy atom. The van der Waals surface area contributed by atoms with Crippen molar-refractivity contribution >= 4 is 46.5 Å². The fourth-order valence-corrected chi connectivity index (χ4v) is 8.43. The number of aromatic nitrogens is 1. The predicted octanol–water partition coefficient (Wildman–Crippen LogP) is 6.25. The van der Waals surface area contributed by atoms with Gasteiger partial charge in [0.15, 0.2) is 23.9 Å². The first-order valence-electron chi connectivity index (χ1n) is 16.0. The van der Waals surface area contributed by atoms with E-state index in [0.29, 0.717) is 38.2 Å². The zero-order valence-corrected chi connectivity index (χ0v) is 29.4. The number of halogens is 2. The molecule has 4 aromatic rings. The number of thiophene rings is 1. The summed E-state index contributed by atoms with van der Waals surface area (Å²) in [5.74, 6) is -0.664. The minimum absolute atomic E-state index is 0.129. The molecule has 49 heavy (non-hydrogen) atoms. The number of aromatic carboxylic acids is 1. The summed E-state index contributed by atoms with van der Waals surface area (Å²) in [4.78, 5) is 29.6. The predicted molar refractivity (Wildman–Crippen MR) is 187 cm³/mol. The van der Waals surface area contributed by atoms with Crippen molar-refractivity contribution in [1.82, 2.24) is 10.2 Å². The molecule has 2 aromatic carbocycles. The van der Waals surface area contributed by atoms with Gasteiger partial charge >= 0.3 is 11.9 Å². The maximum atomic E-state index is 13.7. The highest BCUT2D eigenvalue weighted by molar-refractivity contribution is 7.14. The quantitative estimate of drug-likeness (QED) is 0.0936. The molecule has 2 aromatic heterocycles. The van der Waals surface area contributed by atoms with Gasteiger partial charge in [0.25, 0.3) is 0 Å². The van der Waals surface area contributed by atoms with Gasteiger partial charge in [-0.3, -0.25) is 10.2 Å². The molecule has 3 saturated heterocycles. The Bertz CT molecular complexity index is 1790. The Hall–Kier alpha value is -3.87. The number of carboxylic acids is 1. The van der Waals surface area contributed by atoms with Crippen molar-refractivity contribution in [2.75, 3.05) is 33.9 Å². The first-order valence-corrected chi connectivity index (χ1v) is 17.6. The Morgan fingerprint density at radius 2 is 1.71 bits per heavy atom. The number of hydrogen-bond donors (Lipinski definition) is 2. The summed E-state index contributed by atoms with van der Waals surface area (Å²) in [6.45, 7) is 3.03. The molecule has 1 unspecified atom stereocenters. The number of carbonyl (C=O) groups excluding carboxylic acids is 1. The van der Waals surface area contributed by atoms with Crippen molar-refractivity contribution in [1.29, 1.82) is 0 Å². The monoisotopic (exact) mass is 725 g/mol. The van der Waals surface area contributed by atoms with Gasteiger partial charge in [-0.15, -0.1) is 11.3 Å². The van der Waals surface area contributed by atoms with E-state index in [4.69, 9.17) is 37.4 Å². The highest BCUT2D eigenvalue weighted by Crippen LogP contribution is 2.41. The molecule has 0 spiro atoms. The van der Waals surface area contributed by atoms with Gasteiger partial charge in [-0.05, 0) is 73.2 Å². The summed E-state index contributed by atoms with van der Waals surface area (Å²) in [6.07, 6.45) is 4.52. The van der Waals surface area contributed by atoms with Gasteiger partial charge in [-0.2, -0.15) is 4.73 Å². The second-order valence-corrected chi connectivity index (χ2v) is 14.3. The van der Waals surface area contributed by atoms with Gasteiger partial charge < -0.3 is 24.5 Å². The zero-order chi connectivity index (χ0) is 34.7. The summed E-state index contributed by atoms with van der Waals surface area (Å²) < 4.78 is 17.7. The fourth-order valence-electron chi connectivity index (χ4n) is 6.83. The molecule has 5 heterocycles. The average molecular weight is 727 g/mol. The molecule has 3 atom stereocenters. The number of piperidine rings is 3. The first-order chi connectivity index (χ1) is 23.6. The third-order valence-corrected chi connectivity index (χ3v) is 11.2. The minimum atomic E-state index is -1.10. The average Bonchev–Trinajstić information content (AvgIpc) is 3.53. The molecule has 0 radical (unpaired) electrons. The Labute approximate surface area is 298 Å². The molecule has 258 valence electrons. The van der Waals surface area contributed by atoms with Crippen LogP contribution in [0, 0.1) is 11.1 Å². The zero-order valence-electron chi connectivity index (χ0n) is 27.1. The number of nitrogens with one attached hydrogen (secondary N) is 1. The lowest BCUT2D eigenvalue weighted by Gasteiger charge is -2.44. The van der Waals surface area contributed by atoms with Gasteiger partial charge in [0.05, 0.1) is 14.2 Å². The van der Waals surface area contributed by atoms with Gasteiger partial charge in [-0.1, -0.05) is 59.6 Å². The maximum absolute atomic E-state index is 13.7. The van der Waals surface area contributed by atoms with E-state index in [2.05, 4.69) is 10.2 Å². The van der Waals surface area contributed by atoms with E-state index in [1.165, 1.54) is 26.6 Å². The number of hydrogen-bond acceptors (Lipinski definition) is 9. The van der Waals surface area contributed by atoms with Crippen LogP contribution >= 0.6 is 34.5 Å². The number of fused-ring (bicyclic) bond motifs is 3. The highest BCUT2D eigenvalue weighted by Gasteiger charge is 2.38. The third-order valence-electron chi connectivity index (χ3n) is 9.37. The Morgan fingerprint density at radius 1 is 1.02 bits per heavy atom. The van der Waals surface area contributed by atoms with Crippen molar-refractivity contribution in [3.05, 3.63) is 114 Å². The number of carboxylic acid groups (broad SMARTS) is 1. The van der Waals surface area contributed by atoms with E-state index >= 15 is 0 Å². The fraction of sp³-hybridized carbons (Fsp3) is 0.361. The molecule has 0 saturated carbocycles. The van der Waals surface area contributed by atoms with E-state index in [1.54, 1.807) is 12.1 Å². The van der Waals surface area contributed by atoms with Crippen molar-refractivity contribution in [2.45, 2.75) is 43.9 Å². The highest BCUT2D eigenvalue weighted by atomic mass is 35.5. The van der Waals surface area contributed by atoms with Crippen molar-refractivity contribution in [2.24, 2.45) is 5.92 Å². The molecular weight excluding hydrogens is 689 g/mol. The van der Waals surface area contributed by atoms with E-state index < -0.39 is 17.9 Å². The number of esters is 1. The Kier molecular flexibility index (Phi) is 11.0. The van der Waals surface area contributed by atoms with Crippen LogP contribution in [0.5, 0.6) is 11.5 Å². The molecule has 2 N–H and O–H groups in total. The van der Waals surface area contributed by atoms with Gasteiger partial charge in [0.2, 0.25) is 0 Å². The van der Waals surface area contributed by atoms with Crippen LogP contribution in [0.1, 0.15) is 61.6 Å². The van der Waals surface area contributed by atoms with Crippen LogP contribution < -0.4 is 19.5 Å². The lowest BCUT2D eigenvalue weighted by Crippen LogP contribution is -2.52. The van der Waals surface area contributed by atoms with E-state index in [1.807, 2.05) is 42.5 Å². The van der Waals surface area contributed by atoms with E-state index in [-0.39, 0.29) is 40.0 Å². The van der Waals surface area contributed by atoms with Gasteiger partial charge in [0.1, 0.15) is 27.1 Å².